The molecular formula is C8H13NO3. The van der Waals surface area contributed by atoms with Gasteiger partial charge in [0.25, 0.3) is 0 Å². The molecule has 0 saturated carbocycles. The Hall–Kier alpha value is -0.610. The summed E-state index contributed by atoms with van der Waals surface area (Å²) in [6, 6.07) is 0. The topological polar surface area (TPSA) is 43.4 Å². The largest absolute Gasteiger partial charge is 0.390 e. The molecule has 0 radical (unpaired) electrons. The lowest BCUT2D eigenvalue weighted by atomic mass is 10.2. The molecule has 4 heteroatoms. The smallest absolute Gasteiger partial charge is 0.156 e. The van der Waals surface area contributed by atoms with E-state index in [1.54, 1.807) is 0 Å². The molecular weight excluding hydrogens is 158 g/mol. The van der Waals surface area contributed by atoms with Gasteiger partial charge >= 0.3 is 0 Å². The first-order valence-electron chi connectivity index (χ1n) is 4.23. The monoisotopic (exact) mass is 171 g/mol. The number of oxime groups is 1. The highest BCUT2D eigenvalue weighted by Crippen LogP contribution is 2.12. The van der Waals surface area contributed by atoms with Crippen LogP contribution >= 0.6 is 0 Å². The van der Waals surface area contributed by atoms with E-state index in [-0.39, 0.29) is 6.10 Å². The highest BCUT2D eigenvalue weighted by atomic mass is 16.7. The quantitative estimate of drug-likeness (QED) is 0.581. The van der Waals surface area contributed by atoms with Gasteiger partial charge in [0, 0.05) is 6.42 Å². The van der Waals surface area contributed by atoms with Crippen LogP contribution in [0, 0.1) is 0 Å². The van der Waals surface area contributed by atoms with E-state index in [0.717, 1.165) is 18.7 Å². The van der Waals surface area contributed by atoms with E-state index in [0.29, 0.717) is 19.3 Å². The Balaban J connectivity index is 1.55. The average molecular weight is 171 g/mol. The van der Waals surface area contributed by atoms with Gasteiger partial charge in [-0.1, -0.05) is 5.16 Å². The van der Waals surface area contributed by atoms with Crippen LogP contribution in [0.25, 0.3) is 0 Å². The molecule has 0 N–H and O–H groups in total. The molecule has 4 nitrogen and oxygen atoms in total. The minimum Gasteiger partial charge on any atom is -0.390 e. The van der Waals surface area contributed by atoms with Crippen LogP contribution in [0.5, 0.6) is 0 Å². The van der Waals surface area contributed by atoms with Gasteiger partial charge in [0.05, 0.1) is 25.5 Å². The van der Waals surface area contributed by atoms with Crippen LogP contribution in [0.4, 0.5) is 0 Å². The number of hydrogen-bond acceptors (Lipinski definition) is 4. The molecule has 2 heterocycles. The molecule has 0 spiro atoms. The summed E-state index contributed by atoms with van der Waals surface area (Å²) in [7, 11) is 0. The maximum absolute atomic E-state index is 5.37. The summed E-state index contributed by atoms with van der Waals surface area (Å²) in [6.07, 6.45) is 1.36. The number of rotatable bonds is 4. The lowest BCUT2D eigenvalue weighted by Crippen LogP contribution is -2.17. The summed E-state index contributed by atoms with van der Waals surface area (Å²) in [5.74, 6) is 0. The number of epoxide rings is 1. The predicted molar refractivity (Wildman–Crippen MR) is 43.2 cm³/mol. The second kappa shape index (κ2) is 3.41. The summed E-state index contributed by atoms with van der Waals surface area (Å²) >= 11 is 0. The third-order valence-corrected chi connectivity index (χ3v) is 1.89. The Morgan fingerprint density at radius 1 is 1.50 bits per heavy atom. The summed E-state index contributed by atoms with van der Waals surface area (Å²) < 4.78 is 10.4. The molecule has 68 valence electrons. The Morgan fingerprint density at radius 2 is 2.25 bits per heavy atom. The fourth-order valence-corrected chi connectivity index (χ4v) is 1.15. The fraction of sp³-hybridized carbons (Fsp3) is 0.875. The van der Waals surface area contributed by atoms with E-state index in [2.05, 4.69) is 5.16 Å². The van der Waals surface area contributed by atoms with Crippen LogP contribution < -0.4 is 0 Å². The van der Waals surface area contributed by atoms with Crippen molar-refractivity contribution in [2.45, 2.75) is 25.6 Å². The Labute approximate surface area is 71.5 Å². The zero-order valence-electron chi connectivity index (χ0n) is 7.16. The SMILES string of the molecule is CC1=NOC(COCC2CO2)C1. The second-order valence-corrected chi connectivity index (χ2v) is 3.25. The van der Waals surface area contributed by atoms with Gasteiger partial charge in [-0.05, 0) is 6.92 Å². The molecule has 1 saturated heterocycles. The summed E-state index contributed by atoms with van der Waals surface area (Å²) in [5, 5.41) is 3.84. The van der Waals surface area contributed by atoms with Gasteiger partial charge in [-0.2, -0.15) is 0 Å². The highest BCUT2D eigenvalue weighted by Gasteiger charge is 2.24. The number of nitrogens with zero attached hydrogens (tertiary/aromatic N) is 1. The van der Waals surface area contributed by atoms with E-state index in [9.17, 15) is 0 Å². The van der Waals surface area contributed by atoms with Gasteiger partial charge in [0.15, 0.2) is 6.10 Å². The molecule has 2 aliphatic heterocycles. The Morgan fingerprint density at radius 3 is 2.83 bits per heavy atom. The lowest BCUT2D eigenvalue weighted by Gasteiger charge is -2.07. The van der Waals surface area contributed by atoms with Crippen molar-refractivity contribution in [2.75, 3.05) is 19.8 Å². The predicted octanol–water partition coefficient (Wildman–Crippen LogP) is 0.567. The zero-order valence-corrected chi connectivity index (χ0v) is 7.16. The minimum atomic E-state index is 0.128. The van der Waals surface area contributed by atoms with E-state index >= 15 is 0 Å². The van der Waals surface area contributed by atoms with Gasteiger partial charge in [0.1, 0.15) is 6.10 Å². The molecule has 12 heavy (non-hydrogen) atoms. The van der Waals surface area contributed by atoms with Crippen molar-refractivity contribution in [3.63, 3.8) is 0 Å². The molecule has 2 rings (SSSR count). The van der Waals surface area contributed by atoms with Crippen molar-refractivity contribution >= 4 is 5.71 Å². The van der Waals surface area contributed by atoms with Crippen LogP contribution in [0.1, 0.15) is 13.3 Å². The van der Waals surface area contributed by atoms with E-state index in [1.165, 1.54) is 0 Å². The van der Waals surface area contributed by atoms with E-state index in [1.807, 2.05) is 6.92 Å². The van der Waals surface area contributed by atoms with Crippen LogP contribution in [-0.4, -0.2) is 37.7 Å². The lowest BCUT2D eigenvalue weighted by molar-refractivity contribution is -0.000945. The molecule has 2 aliphatic rings. The van der Waals surface area contributed by atoms with Crippen molar-refractivity contribution < 1.29 is 14.3 Å². The molecule has 0 aromatic rings. The molecule has 2 atom stereocenters. The van der Waals surface area contributed by atoms with Gasteiger partial charge in [-0.25, -0.2) is 0 Å². The van der Waals surface area contributed by atoms with Crippen molar-refractivity contribution in [2.24, 2.45) is 5.16 Å². The van der Waals surface area contributed by atoms with E-state index < -0.39 is 0 Å². The van der Waals surface area contributed by atoms with Crippen LogP contribution in [0.3, 0.4) is 0 Å². The molecule has 2 unspecified atom stereocenters. The molecule has 0 bridgehead atoms. The fourth-order valence-electron chi connectivity index (χ4n) is 1.15. The van der Waals surface area contributed by atoms with Crippen molar-refractivity contribution in [1.29, 1.82) is 0 Å². The van der Waals surface area contributed by atoms with Gasteiger partial charge < -0.3 is 14.3 Å². The van der Waals surface area contributed by atoms with Crippen LogP contribution in [0.2, 0.25) is 0 Å². The molecule has 0 aromatic heterocycles. The van der Waals surface area contributed by atoms with Crippen LogP contribution in [-0.2, 0) is 14.3 Å². The first-order valence-corrected chi connectivity index (χ1v) is 4.23. The average Bonchev–Trinajstić information content (AvgIpc) is 2.76. The third-order valence-electron chi connectivity index (χ3n) is 1.89. The van der Waals surface area contributed by atoms with Crippen LogP contribution in [0.15, 0.2) is 5.16 Å². The van der Waals surface area contributed by atoms with Crippen molar-refractivity contribution in [3.8, 4) is 0 Å². The second-order valence-electron chi connectivity index (χ2n) is 3.25. The van der Waals surface area contributed by atoms with Gasteiger partial charge in [-0.15, -0.1) is 0 Å². The van der Waals surface area contributed by atoms with E-state index in [4.69, 9.17) is 14.3 Å². The molecule has 0 aliphatic carbocycles. The molecule has 0 amide bonds. The Bertz CT molecular complexity index is 189. The number of ether oxygens (including phenoxy) is 2. The maximum atomic E-state index is 5.37. The van der Waals surface area contributed by atoms with Gasteiger partial charge in [-0.3, -0.25) is 0 Å². The first kappa shape index (κ1) is 8.01. The normalized spacial score (nSPS) is 32.9. The standard InChI is InChI=1S/C8H13NO3/c1-6-2-7(12-9-6)3-10-4-8-5-11-8/h7-8H,2-5H2,1H3. The van der Waals surface area contributed by atoms with Crippen molar-refractivity contribution in [3.05, 3.63) is 0 Å². The van der Waals surface area contributed by atoms with Gasteiger partial charge in [0.2, 0.25) is 0 Å². The highest BCUT2D eigenvalue weighted by molar-refractivity contribution is 5.82. The summed E-state index contributed by atoms with van der Waals surface area (Å²) in [4.78, 5) is 5.09. The molecule has 1 fully saturated rings. The summed E-state index contributed by atoms with van der Waals surface area (Å²) in [6.45, 7) is 4.13. The molecule has 0 aromatic carbocycles. The Kier molecular flexibility index (Phi) is 2.28. The number of hydrogen-bond donors (Lipinski definition) is 0. The first-order chi connectivity index (χ1) is 5.84. The third kappa shape index (κ3) is 2.19. The van der Waals surface area contributed by atoms with Crippen molar-refractivity contribution in [1.82, 2.24) is 0 Å². The zero-order chi connectivity index (χ0) is 8.39. The minimum absolute atomic E-state index is 0.128. The summed E-state index contributed by atoms with van der Waals surface area (Å²) in [5.41, 5.74) is 1.05. The maximum Gasteiger partial charge on any atom is 0.156 e.